The highest BCUT2D eigenvalue weighted by molar-refractivity contribution is 5.87. The van der Waals surface area contributed by atoms with Crippen molar-refractivity contribution >= 4 is 83.6 Å². The van der Waals surface area contributed by atoms with Crippen LogP contribution in [0.25, 0.3) is 0 Å². The van der Waals surface area contributed by atoms with Gasteiger partial charge in [0.15, 0.2) is 12.2 Å². The normalized spacial score (nSPS) is 33.6. The lowest BCUT2D eigenvalue weighted by atomic mass is 9.74. The second-order valence-corrected chi connectivity index (χ2v) is 39.9. The molecule has 10 heterocycles. The van der Waals surface area contributed by atoms with Gasteiger partial charge in [-0.05, 0) is 193 Å². The molecule has 0 radical (unpaired) electrons. The maximum atomic E-state index is 12.4. The van der Waals surface area contributed by atoms with Crippen LogP contribution >= 0.6 is 0 Å². The molecule has 0 amide bonds. The molecule has 0 aromatic rings. The molecule has 18 fully saturated rings. The first-order chi connectivity index (χ1) is 56.6. The van der Waals surface area contributed by atoms with Crippen molar-refractivity contribution in [2.45, 2.75) is 377 Å². The molecule has 730 valence electrons. The first-order valence-corrected chi connectivity index (χ1v) is 44.3. The minimum Gasteiger partial charge on any atom is -0.469 e. The Morgan fingerprint density at radius 1 is 0.394 bits per heavy atom. The van der Waals surface area contributed by atoms with Gasteiger partial charge in [0.1, 0.15) is 61.0 Å². The monoisotopic (exact) mass is 1810 g/mol. The highest BCUT2D eigenvalue weighted by Gasteiger charge is 2.71. The fourth-order valence-corrected chi connectivity index (χ4v) is 19.1. The summed E-state index contributed by atoms with van der Waals surface area (Å²) in [6.45, 7) is 36.6. The molecule has 0 aromatic carbocycles. The van der Waals surface area contributed by atoms with E-state index in [1.807, 2.05) is 132 Å². The summed E-state index contributed by atoms with van der Waals surface area (Å²) in [7, 11) is 5.98. The van der Waals surface area contributed by atoms with Gasteiger partial charge in [-0.25, -0.2) is 0 Å². The summed E-state index contributed by atoms with van der Waals surface area (Å²) in [5.41, 5.74) is -3.50. The summed E-state index contributed by atoms with van der Waals surface area (Å²) >= 11 is 0. The number of carbonyl (C=O) groups excluding carboxylic acids is 14. The predicted octanol–water partition coefficient (Wildman–Crippen LogP) is 15.6. The van der Waals surface area contributed by atoms with Gasteiger partial charge >= 0.3 is 83.6 Å². The number of fused-ring (bicyclic) bond motifs is 8. The van der Waals surface area contributed by atoms with Crippen LogP contribution in [0.15, 0.2) is 0 Å². The van der Waals surface area contributed by atoms with Gasteiger partial charge in [-0.15, -0.1) is 0 Å². The molecule has 127 heavy (non-hydrogen) atoms. The van der Waals surface area contributed by atoms with Crippen LogP contribution in [-0.4, -0.2) is 198 Å². The highest BCUT2D eigenvalue weighted by atomic mass is 16.7. The van der Waals surface area contributed by atoms with E-state index < -0.39 is 80.9 Å². The third-order valence-electron chi connectivity index (χ3n) is 29.7. The van der Waals surface area contributed by atoms with Crippen molar-refractivity contribution in [2.75, 3.05) is 41.7 Å². The van der Waals surface area contributed by atoms with Gasteiger partial charge in [0, 0.05) is 62.1 Å². The van der Waals surface area contributed by atoms with Gasteiger partial charge < -0.3 is 75.8 Å². The van der Waals surface area contributed by atoms with E-state index in [0.29, 0.717) is 57.0 Å². The smallest absolute Gasteiger partial charge is 0.312 e. The molecule has 0 spiro atoms. The number of methoxy groups -OCH3 is 3. The summed E-state index contributed by atoms with van der Waals surface area (Å²) in [6.07, 6.45) is 12.9. The van der Waals surface area contributed by atoms with Crippen LogP contribution in [0.2, 0.25) is 0 Å². The van der Waals surface area contributed by atoms with E-state index in [4.69, 9.17) is 66.3 Å². The van der Waals surface area contributed by atoms with Gasteiger partial charge in [-0.2, -0.15) is 0 Å². The molecule has 30 nitrogen and oxygen atoms in total. The van der Waals surface area contributed by atoms with E-state index in [2.05, 4.69) is 9.47 Å². The minimum atomic E-state index is -0.620. The zero-order valence-electron chi connectivity index (χ0n) is 75.7. The van der Waals surface area contributed by atoms with E-state index in [9.17, 15) is 67.1 Å². The topological polar surface area (TPSA) is 387 Å². The maximum absolute atomic E-state index is 12.4. The fourth-order valence-electron chi connectivity index (χ4n) is 19.1. The largest absolute Gasteiger partial charge is 0.469 e. The molecule has 10 aliphatic heterocycles. The lowest BCUT2D eigenvalue weighted by Crippen LogP contribution is -2.57. The lowest BCUT2D eigenvalue weighted by Gasteiger charge is -2.48. The van der Waals surface area contributed by atoms with Crippen molar-refractivity contribution in [3.05, 3.63) is 0 Å². The summed E-state index contributed by atoms with van der Waals surface area (Å²) in [5, 5.41) is 0. The molecule has 30 heteroatoms. The molecule has 12 bridgehead atoms. The summed E-state index contributed by atoms with van der Waals surface area (Å²) < 4.78 is 84.3. The lowest BCUT2D eigenvalue weighted by molar-refractivity contribution is -0.221. The van der Waals surface area contributed by atoms with Crippen molar-refractivity contribution in [2.24, 2.45) is 115 Å². The van der Waals surface area contributed by atoms with Gasteiger partial charge in [-0.1, -0.05) is 98.9 Å². The van der Waals surface area contributed by atoms with Crippen LogP contribution < -0.4 is 0 Å². The van der Waals surface area contributed by atoms with E-state index in [1.165, 1.54) is 33.5 Å². The van der Waals surface area contributed by atoms with E-state index >= 15 is 0 Å². The number of hydrogen-bond donors (Lipinski definition) is 0. The van der Waals surface area contributed by atoms with E-state index in [0.717, 1.165) is 64.2 Å². The molecular formula is C97H162O30. The summed E-state index contributed by atoms with van der Waals surface area (Å²) in [4.78, 5) is 165. The fraction of sp³-hybridized carbons (Fsp3) is 0.856. The molecule has 26 unspecified atom stereocenters. The predicted molar refractivity (Wildman–Crippen MR) is 469 cm³/mol. The zero-order chi connectivity index (χ0) is 89.9. The SMILES string of the molecule is C.C.C.C.C.C.CCC(C)(C)C(=O)OC.CCC(C)(C)C(=O)OC1C2CC3C(=O)OC1C3O2.CCC(C)(C)C(=O)OC1C2CC3C1OC(=O)C3C2C(=O)OC.CCC(C)(C)C(=O)OC1C2CC3CC2C(=O)OC31.CCC(C)(C)C(=O)OC1CC2CCC1(C)OC2=O.CCC(C)(C)C(=O)OCCC(=O)OC1C2CC3C(=O)OC1C3C2.COC.O=C1OCC2CCCCC12. The second kappa shape index (κ2) is 45.6. The van der Waals surface area contributed by atoms with Crippen LogP contribution in [0.3, 0.4) is 0 Å². The molecular weight excluding hydrogens is 1650 g/mol. The molecule has 8 saturated carbocycles. The average molecular weight is 1810 g/mol. The van der Waals surface area contributed by atoms with Gasteiger partial charge in [-0.3, -0.25) is 67.1 Å². The number of hydrogen-bond acceptors (Lipinski definition) is 30. The maximum Gasteiger partial charge on any atom is 0.312 e. The molecule has 8 aliphatic carbocycles. The third-order valence-corrected chi connectivity index (χ3v) is 29.7. The third kappa shape index (κ3) is 24.3. The Kier molecular flexibility index (Phi) is 40.8. The summed E-state index contributed by atoms with van der Waals surface area (Å²) in [6, 6.07) is 0. The average Bonchev–Trinajstić information content (AvgIpc) is 1.55. The van der Waals surface area contributed by atoms with Gasteiger partial charge in [0.25, 0.3) is 0 Å². The Labute approximate surface area is 757 Å². The molecule has 0 N–H and O–H groups in total. The minimum absolute atomic E-state index is 0. The van der Waals surface area contributed by atoms with Crippen molar-refractivity contribution in [3.8, 4) is 0 Å². The highest BCUT2D eigenvalue weighted by Crippen LogP contribution is 2.61. The molecule has 18 rings (SSSR count). The van der Waals surface area contributed by atoms with Crippen molar-refractivity contribution in [3.63, 3.8) is 0 Å². The standard InChI is InChI=1S/C17H24O6.C16H22O6.C14H20O4.C14H22O4.C13H18O5.C8H12O2.C7H14O2.C2H6O.6CH4/c1-4-17(2,3)16(20)21-6-5-12(18)22-13-9-7-10-11(8-9)15(19)23-14(10)13;1-5-16(2,3)15(19)22-12-7-6-8-10(9(7)13(17)20-4)14(18)21-11(8)12;1-4-14(2,3)13(16)18-11-8-5-7-6-9(8)12(15)17-10(7)11;1-5-13(2,3)12(16)17-10-8-9-6-7-14(10,4)18-11(9)15;1-4-13(2,3)12(15)18-9-7-5-6-8(16-7)10(9)17-11(6)14;9-8-7-4-2-1-3-6(7)5-10-8;1-5-7(2,3)6(8)9-4;1-3-2;;;;;;/h9-11,13-14H,4-8H2,1-3H3;7-12H,5-6H2,1-4H3;7-11H,4-6H2,1-3H3;9-10H,5-8H2,1-4H3;6-10H,4-5H2,1-3H3;6-7H,1-5H2;5H2,1-4H3;1-2H3;6*1H4. The van der Waals surface area contributed by atoms with Crippen LogP contribution in [0.5, 0.6) is 0 Å². The molecule has 10 saturated heterocycles. The molecule has 26 atom stereocenters. The van der Waals surface area contributed by atoms with Crippen molar-refractivity contribution in [1.29, 1.82) is 0 Å². The molecule has 18 aliphatic rings. The van der Waals surface area contributed by atoms with Crippen molar-refractivity contribution in [1.82, 2.24) is 0 Å². The quantitative estimate of drug-likeness (QED) is 0.0761. The Morgan fingerprint density at radius 2 is 0.843 bits per heavy atom. The zero-order valence-corrected chi connectivity index (χ0v) is 75.7. The van der Waals surface area contributed by atoms with E-state index in [1.54, 1.807) is 14.2 Å². The Balaban J connectivity index is 0.000000383. The van der Waals surface area contributed by atoms with Gasteiger partial charge in [0.05, 0.1) is 107 Å². The van der Waals surface area contributed by atoms with E-state index in [-0.39, 0.29) is 237 Å². The summed E-state index contributed by atoms with van der Waals surface area (Å²) in [5.74, 6) is -2.57. The number of rotatable bonds is 21. The van der Waals surface area contributed by atoms with Crippen LogP contribution in [0.1, 0.15) is 305 Å². The first kappa shape index (κ1) is 114. The van der Waals surface area contributed by atoms with Crippen molar-refractivity contribution < 1.29 is 143 Å². The number of carbonyl (C=O) groups is 14. The number of ether oxygens (including phenoxy) is 16. The van der Waals surface area contributed by atoms with Gasteiger partial charge in [0.2, 0.25) is 0 Å². The van der Waals surface area contributed by atoms with Crippen LogP contribution in [0.4, 0.5) is 0 Å². The number of esters is 14. The van der Waals surface area contributed by atoms with Crippen LogP contribution in [0, 0.1) is 115 Å². The number of cyclic esters (lactones) is 1. The Hall–Kier alpha value is -7.50. The second-order valence-electron chi connectivity index (χ2n) is 39.9. The first-order valence-electron chi connectivity index (χ1n) is 44.3. The molecule has 0 aromatic heterocycles. The Morgan fingerprint density at radius 3 is 1.34 bits per heavy atom. The van der Waals surface area contributed by atoms with Crippen LogP contribution in [-0.2, 0) is 143 Å². The Bertz CT molecular complexity index is 3710.